The molecule has 1 aromatic carbocycles. The molecule has 2 rings (SSSR count). The minimum absolute atomic E-state index is 0.0559. The molecule has 1 saturated carbocycles. The molecule has 0 bridgehead atoms. The van der Waals surface area contributed by atoms with E-state index in [1.807, 2.05) is 0 Å². The average Bonchev–Trinajstić information content (AvgIpc) is 2.76. The van der Waals surface area contributed by atoms with E-state index in [0.29, 0.717) is 5.75 Å². The first-order chi connectivity index (χ1) is 8.50. The third kappa shape index (κ3) is 2.82. The Bertz CT molecular complexity index is 557. The second kappa shape index (κ2) is 4.99. The summed E-state index contributed by atoms with van der Waals surface area (Å²) in [6.07, 6.45) is 3.86. The predicted molar refractivity (Wildman–Crippen MR) is 66.9 cm³/mol. The van der Waals surface area contributed by atoms with E-state index < -0.39 is 9.84 Å². The molecule has 4 nitrogen and oxygen atoms in total. The third-order valence-corrected chi connectivity index (χ3v) is 4.29. The number of hydrogen-bond donors (Lipinski definition) is 0. The molecule has 0 spiro atoms. The van der Waals surface area contributed by atoms with Crippen molar-refractivity contribution in [2.45, 2.75) is 30.3 Å². The van der Waals surface area contributed by atoms with E-state index in [9.17, 15) is 8.42 Å². The van der Waals surface area contributed by atoms with Crippen molar-refractivity contribution in [3.63, 3.8) is 0 Å². The van der Waals surface area contributed by atoms with Crippen LogP contribution in [0.15, 0.2) is 29.2 Å². The molecule has 5 heteroatoms. The van der Waals surface area contributed by atoms with Crippen molar-refractivity contribution >= 4 is 9.84 Å². The second-order valence-corrected chi connectivity index (χ2v) is 6.58. The molecule has 0 amide bonds. The average molecular weight is 265 g/mol. The highest BCUT2D eigenvalue weighted by Gasteiger charge is 2.28. The van der Waals surface area contributed by atoms with Gasteiger partial charge in [-0.15, -0.1) is 0 Å². The smallest absolute Gasteiger partial charge is 0.175 e. The molecule has 96 valence electrons. The van der Waals surface area contributed by atoms with Crippen LogP contribution in [0.25, 0.3) is 0 Å². The Morgan fingerprint density at radius 3 is 2.50 bits per heavy atom. The number of hydrogen-bond acceptors (Lipinski definition) is 4. The number of ether oxygens (including phenoxy) is 1. The molecule has 0 N–H and O–H groups in total. The van der Waals surface area contributed by atoms with E-state index in [1.54, 1.807) is 12.1 Å². The summed E-state index contributed by atoms with van der Waals surface area (Å²) in [7, 11) is -3.17. The molecule has 1 aliphatic rings. The molecule has 0 heterocycles. The maximum absolute atomic E-state index is 11.3. The van der Waals surface area contributed by atoms with Gasteiger partial charge in [-0.1, -0.05) is 0 Å². The van der Waals surface area contributed by atoms with Gasteiger partial charge in [0.15, 0.2) is 9.84 Å². The first kappa shape index (κ1) is 12.9. The van der Waals surface area contributed by atoms with Crippen LogP contribution >= 0.6 is 0 Å². The lowest BCUT2D eigenvalue weighted by atomic mass is 10.1. The summed E-state index contributed by atoms with van der Waals surface area (Å²) in [6, 6.07) is 8.59. The van der Waals surface area contributed by atoms with Gasteiger partial charge in [-0.3, -0.25) is 0 Å². The van der Waals surface area contributed by atoms with Crippen LogP contribution in [-0.4, -0.2) is 20.8 Å². The largest absolute Gasteiger partial charge is 0.489 e. The Morgan fingerprint density at radius 1 is 1.28 bits per heavy atom. The number of rotatable bonds is 3. The Hall–Kier alpha value is -1.54. The highest BCUT2D eigenvalue weighted by Crippen LogP contribution is 2.29. The molecule has 0 aromatic heterocycles. The number of benzene rings is 1. The fraction of sp³-hybridized carbons (Fsp3) is 0.462. The zero-order chi connectivity index (χ0) is 13.2. The fourth-order valence-corrected chi connectivity index (χ4v) is 2.79. The van der Waals surface area contributed by atoms with Crippen LogP contribution in [-0.2, 0) is 9.84 Å². The molecule has 2 unspecified atom stereocenters. The lowest BCUT2D eigenvalue weighted by molar-refractivity contribution is 0.182. The summed E-state index contributed by atoms with van der Waals surface area (Å²) in [5.41, 5.74) is 0. The SMILES string of the molecule is CS(=O)(=O)c1ccc(OC2CCCC2C#N)cc1. The van der Waals surface area contributed by atoms with Crippen LogP contribution in [0.3, 0.4) is 0 Å². The topological polar surface area (TPSA) is 67.2 Å². The van der Waals surface area contributed by atoms with Gasteiger partial charge >= 0.3 is 0 Å². The van der Waals surface area contributed by atoms with Crippen molar-refractivity contribution in [1.29, 1.82) is 5.26 Å². The molecule has 2 atom stereocenters. The minimum atomic E-state index is -3.17. The maximum Gasteiger partial charge on any atom is 0.175 e. The summed E-state index contributed by atoms with van der Waals surface area (Å²) in [5.74, 6) is 0.564. The Balaban J connectivity index is 2.10. The van der Waals surface area contributed by atoms with Crippen LogP contribution in [0.1, 0.15) is 19.3 Å². The van der Waals surface area contributed by atoms with E-state index >= 15 is 0 Å². The number of sulfone groups is 1. The number of nitrogens with zero attached hydrogens (tertiary/aromatic N) is 1. The molecule has 0 aliphatic heterocycles. The van der Waals surface area contributed by atoms with Crippen molar-refractivity contribution in [3.8, 4) is 11.8 Å². The van der Waals surface area contributed by atoms with Gasteiger partial charge in [-0.2, -0.15) is 5.26 Å². The highest BCUT2D eigenvalue weighted by molar-refractivity contribution is 7.90. The van der Waals surface area contributed by atoms with Gasteiger partial charge in [0.05, 0.1) is 16.9 Å². The quantitative estimate of drug-likeness (QED) is 0.840. The Morgan fingerprint density at radius 2 is 1.94 bits per heavy atom. The van der Waals surface area contributed by atoms with Crippen LogP contribution in [0, 0.1) is 17.2 Å². The van der Waals surface area contributed by atoms with Gasteiger partial charge < -0.3 is 4.74 Å². The van der Waals surface area contributed by atoms with E-state index in [1.165, 1.54) is 18.4 Å². The molecule has 1 fully saturated rings. The molecular weight excluding hydrogens is 250 g/mol. The highest BCUT2D eigenvalue weighted by atomic mass is 32.2. The van der Waals surface area contributed by atoms with Gasteiger partial charge in [0.2, 0.25) is 0 Å². The predicted octanol–water partition coefficient (Wildman–Crippen LogP) is 2.16. The van der Waals surface area contributed by atoms with Crippen molar-refractivity contribution in [2.24, 2.45) is 5.92 Å². The van der Waals surface area contributed by atoms with Gasteiger partial charge in [-0.05, 0) is 43.5 Å². The van der Waals surface area contributed by atoms with E-state index in [0.717, 1.165) is 19.3 Å². The van der Waals surface area contributed by atoms with Crippen molar-refractivity contribution in [1.82, 2.24) is 0 Å². The Kier molecular flexibility index (Phi) is 3.58. The first-order valence-corrected chi connectivity index (χ1v) is 7.76. The lowest BCUT2D eigenvalue weighted by Crippen LogP contribution is -2.20. The van der Waals surface area contributed by atoms with Gasteiger partial charge in [0.25, 0.3) is 0 Å². The van der Waals surface area contributed by atoms with Crippen molar-refractivity contribution < 1.29 is 13.2 Å². The molecule has 1 aromatic rings. The number of nitriles is 1. The molecule has 0 radical (unpaired) electrons. The molecular formula is C13H15NO3S. The molecule has 0 saturated heterocycles. The Labute approximate surface area is 107 Å². The minimum Gasteiger partial charge on any atom is -0.489 e. The zero-order valence-electron chi connectivity index (χ0n) is 10.2. The van der Waals surface area contributed by atoms with Crippen molar-refractivity contribution in [2.75, 3.05) is 6.26 Å². The standard InChI is InChI=1S/C13H15NO3S/c1-18(15,16)12-7-5-11(6-8-12)17-13-4-2-3-10(13)9-14/h5-8,10,13H,2-4H2,1H3. The summed E-state index contributed by atoms with van der Waals surface area (Å²) in [6.45, 7) is 0. The van der Waals surface area contributed by atoms with Crippen LogP contribution in [0.5, 0.6) is 5.75 Å². The molecule has 1 aliphatic carbocycles. The third-order valence-electron chi connectivity index (χ3n) is 3.16. The van der Waals surface area contributed by atoms with E-state index in [4.69, 9.17) is 10.00 Å². The first-order valence-electron chi connectivity index (χ1n) is 5.87. The molecule has 18 heavy (non-hydrogen) atoms. The maximum atomic E-state index is 11.3. The summed E-state index contributed by atoms with van der Waals surface area (Å²) >= 11 is 0. The van der Waals surface area contributed by atoms with E-state index in [2.05, 4.69) is 6.07 Å². The summed E-state index contributed by atoms with van der Waals surface area (Å²) in [4.78, 5) is 0.276. The second-order valence-electron chi connectivity index (χ2n) is 4.57. The summed E-state index contributed by atoms with van der Waals surface area (Å²) in [5, 5.41) is 8.96. The van der Waals surface area contributed by atoms with Crippen LogP contribution < -0.4 is 4.74 Å². The summed E-state index contributed by atoms with van der Waals surface area (Å²) < 4.78 is 28.3. The van der Waals surface area contributed by atoms with Crippen molar-refractivity contribution in [3.05, 3.63) is 24.3 Å². The van der Waals surface area contributed by atoms with Gasteiger partial charge in [0, 0.05) is 6.26 Å². The van der Waals surface area contributed by atoms with E-state index in [-0.39, 0.29) is 16.9 Å². The van der Waals surface area contributed by atoms with Gasteiger partial charge in [0.1, 0.15) is 11.9 Å². The fourth-order valence-electron chi connectivity index (χ4n) is 2.15. The van der Waals surface area contributed by atoms with Crippen LogP contribution in [0.2, 0.25) is 0 Å². The van der Waals surface area contributed by atoms with Crippen LogP contribution in [0.4, 0.5) is 0 Å². The monoisotopic (exact) mass is 265 g/mol. The normalized spacial score (nSPS) is 23.6. The lowest BCUT2D eigenvalue weighted by Gasteiger charge is -2.16. The zero-order valence-corrected chi connectivity index (χ0v) is 11.0. The van der Waals surface area contributed by atoms with Gasteiger partial charge in [-0.25, -0.2) is 8.42 Å².